The van der Waals surface area contributed by atoms with Crippen molar-refractivity contribution in [3.8, 4) is 0 Å². The number of ether oxygens (including phenoxy) is 3. The van der Waals surface area contributed by atoms with Crippen molar-refractivity contribution < 1.29 is 33.7 Å². The van der Waals surface area contributed by atoms with E-state index in [0.29, 0.717) is 25.7 Å². The molecule has 0 heterocycles. The quantitative estimate of drug-likeness (QED) is 0.0917. The average Bonchev–Trinajstić information content (AvgIpc) is 2.89. The molecule has 4 fully saturated rings. The van der Waals surface area contributed by atoms with Crippen LogP contribution >= 0.6 is 0 Å². The molecule has 7 nitrogen and oxygen atoms in total. The molecule has 40 heavy (non-hydrogen) atoms. The summed E-state index contributed by atoms with van der Waals surface area (Å²) in [5, 5.41) is 9.68. The Hall–Kier alpha value is -1.63. The van der Waals surface area contributed by atoms with Gasteiger partial charge in [-0.2, -0.15) is 0 Å². The van der Waals surface area contributed by atoms with E-state index in [1.165, 1.54) is 64.2 Å². The number of aliphatic hydroxyl groups is 1. The summed E-state index contributed by atoms with van der Waals surface area (Å²) in [6.45, 7) is 4.13. The summed E-state index contributed by atoms with van der Waals surface area (Å²) < 4.78 is 16.4. The van der Waals surface area contributed by atoms with Gasteiger partial charge >= 0.3 is 17.9 Å². The second-order valence-corrected chi connectivity index (χ2v) is 13.4. The van der Waals surface area contributed by atoms with Gasteiger partial charge in [-0.05, 0) is 94.3 Å². The molecule has 0 spiro atoms. The van der Waals surface area contributed by atoms with Crippen LogP contribution in [0.2, 0.25) is 0 Å². The fraction of sp³-hybridized carbons (Fsp3) is 0.909. The topological polar surface area (TPSA) is 99.1 Å². The maximum Gasteiger partial charge on any atom is 0.306 e. The van der Waals surface area contributed by atoms with Crippen LogP contribution in [0.4, 0.5) is 0 Å². The van der Waals surface area contributed by atoms with Gasteiger partial charge in [-0.1, -0.05) is 45.4 Å². The highest BCUT2D eigenvalue weighted by Gasteiger charge is 2.51. The van der Waals surface area contributed by atoms with Crippen LogP contribution < -0.4 is 0 Å². The summed E-state index contributed by atoms with van der Waals surface area (Å²) in [6, 6.07) is 0. The van der Waals surface area contributed by atoms with Crippen LogP contribution in [0.3, 0.4) is 0 Å². The van der Waals surface area contributed by atoms with Gasteiger partial charge in [-0.25, -0.2) is 0 Å². The van der Waals surface area contributed by atoms with Crippen molar-refractivity contribution in [1.82, 2.24) is 0 Å². The van der Waals surface area contributed by atoms with E-state index in [9.17, 15) is 19.5 Å². The summed E-state index contributed by atoms with van der Waals surface area (Å²) in [6.07, 6.45) is 18.9. The number of hydrogen-bond donors (Lipinski definition) is 1. The molecule has 1 N–H and O–H groups in total. The molecule has 0 aromatic rings. The molecule has 2 atom stereocenters. The lowest BCUT2D eigenvalue weighted by Gasteiger charge is -2.56. The number of rotatable bonds is 21. The van der Waals surface area contributed by atoms with Gasteiger partial charge in [0.1, 0.15) is 0 Å². The fourth-order valence-corrected chi connectivity index (χ4v) is 7.78. The average molecular weight is 565 g/mol. The van der Waals surface area contributed by atoms with E-state index < -0.39 is 5.92 Å². The predicted molar refractivity (Wildman–Crippen MR) is 154 cm³/mol. The SMILES string of the molecule is CCCCCCCC(C)OC(=O)CCCCCCC(=O)OCC(CO)COC(=O)CC12CC3CC(CC(C3)C1)C2. The molecule has 0 aromatic carbocycles. The molecule has 0 aliphatic heterocycles. The lowest BCUT2D eigenvalue weighted by Crippen LogP contribution is -2.47. The largest absolute Gasteiger partial charge is 0.465 e. The summed E-state index contributed by atoms with van der Waals surface area (Å²) in [7, 11) is 0. The second-order valence-electron chi connectivity index (χ2n) is 13.4. The van der Waals surface area contributed by atoms with E-state index in [2.05, 4.69) is 6.92 Å². The molecule has 7 heteroatoms. The zero-order valence-electron chi connectivity index (χ0n) is 25.3. The van der Waals surface area contributed by atoms with E-state index in [1.807, 2.05) is 6.92 Å². The molecule has 0 radical (unpaired) electrons. The highest BCUT2D eigenvalue weighted by molar-refractivity contribution is 5.71. The Kier molecular flexibility index (Phi) is 14.3. The minimum atomic E-state index is -0.394. The first-order valence-electron chi connectivity index (χ1n) is 16.4. The Morgan fingerprint density at radius 1 is 0.750 bits per heavy atom. The minimum absolute atomic E-state index is 0.0167. The Labute approximate surface area is 242 Å². The number of hydrogen-bond acceptors (Lipinski definition) is 7. The normalized spacial score (nSPS) is 26.3. The molecule has 0 saturated heterocycles. The van der Waals surface area contributed by atoms with Gasteiger partial charge < -0.3 is 19.3 Å². The van der Waals surface area contributed by atoms with E-state index in [-0.39, 0.29) is 49.2 Å². The summed E-state index contributed by atoms with van der Waals surface area (Å²) in [5.74, 6) is 1.39. The molecule has 0 amide bonds. The van der Waals surface area contributed by atoms with E-state index >= 15 is 0 Å². The van der Waals surface area contributed by atoms with Crippen molar-refractivity contribution in [2.24, 2.45) is 29.1 Å². The van der Waals surface area contributed by atoms with Gasteiger partial charge in [0.25, 0.3) is 0 Å². The third-order valence-corrected chi connectivity index (χ3v) is 9.46. The summed E-state index contributed by atoms with van der Waals surface area (Å²) >= 11 is 0. The van der Waals surface area contributed by atoms with Crippen LogP contribution in [0.5, 0.6) is 0 Å². The molecule has 230 valence electrons. The number of carbonyl (C=O) groups excluding carboxylic acids is 3. The van der Waals surface area contributed by atoms with E-state index in [1.54, 1.807) is 0 Å². The van der Waals surface area contributed by atoms with Crippen LogP contribution in [-0.4, -0.2) is 48.9 Å². The Bertz CT molecular complexity index is 743. The molecule has 4 saturated carbocycles. The second kappa shape index (κ2) is 17.4. The standard InChI is InChI=1S/C33H56O7/c1-3-4-5-6-9-12-25(2)40-31(36)14-11-8-7-10-13-30(35)38-23-29(22-34)24-39-32(37)21-33-18-26-15-27(19-33)17-28(16-26)20-33/h25-29,34H,3-24H2,1-2H3. The van der Waals surface area contributed by atoms with Gasteiger partial charge in [0.05, 0.1) is 38.3 Å². The number of carbonyl (C=O) groups is 3. The van der Waals surface area contributed by atoms with Crippen LogP contribution in [0.25, 0.3) is 0 Å². The van der Waals surface area contributed by atoms with Crippen molar-refractivity contribution in [2.75, 3.05) is 19.8 Å². The Morgan fingerprint density at radius 3 is 1.85 bits per heavy atom. The third kappa shape index (κ3) is 11.7. The first-order chi connectivity index (χ1) is 19.3. The molecule has 2 unspecified atom stereocenters. The zero-order valence-corrected chi connectivity index (χ0v) is 25.3. The molecular formula is C33H56O7. The van der Waals surface area contributed by atoms with Gasteiger partial charge in [0.15, 0.2) is 0 Å². The maximum absolute atomic E-state index is 12.6. The third-order valence-electron chi connectivity index (χ3n) is 9.46. The smallest absolute Gasteiger partial charge is 0.306 e. The minimum Gasteiger partial charge on any atom is -0.465 e. The van der Waals surface area contributed by atoms with E-state index in [4.69, 9.17) is 14.2 Å². The molecular weight excluding hydrogens is 508 g/mol. The van der Waals surface area contributed by atoms with Crippen molar-refractivity contribution in [2.45, 2.75) is 142 Å². The first-order valence-corrected chi connectivity index (χ1v) is 16.4. The molecule has 4 bridgehead atoms. The number of unbranched alkanes of at least 4 members (excludes halogenated alkanes) is 7. The van der Waals surface area contributed by atoms with Crippen LogP contribution in [-0.2, 0) is 28.6 Å². The van der Waals surface area contributed by atoms with Gasteiger partial charge in [-0.3, -0.25) is 14.4 Å². The summed E-state index contributed by atoms with van der Waals surface area (Å²) in [5.41, 5.74) is 0.138. The highest BCUT2D eigenvalue weighted by atomic mass is 16.6. The van der Waals surface area contributed by atoms with Crippen molar-refractivity contribution in [3.05, 3.63) is 0 Å². The number of aliphatic hydroxyl groups excluding tert-OH is 1. The van der Waals surface area contributed by atoms with Gasteiger partial charge in [0.2, 0.25) is 0 Å². The first kappa shape index (κ1) is 32.9. The zero-order chi connectivity index (χ0) is 28.8. The molecule has 4 rings (SSSR count). The predicted octanol–water partition coefficient (Wildman–Crippen LogP) is 6.92. The van der Waals surface area contributed by atoms with Crippen LogP contribution in [0.15, 0.2) is 0 Å². The van der Waals surface area contributed by atoms with Crippen molar-refractivity contribution in [3.63, 3.8) is 0 Å². The monoisotopic (exact) mass is 564 g/mol. The van der Waals surface area contributed by atoms with Gasteiger partial charge in [-0.15, -0.1) is 0 Å². The van der Waals surface area contributed by atoms with Crippen molar-refractivity contribution in [1.29, 1.82) is 0 Å². The van der Waals surface area contributed by atoms with Crippen molar-refractivity contribution >= 4 is 17.9 Å². The highest BCUT2D eigenvalue weighted by Crippen LogP contribution is 2.61. The maximum atomic E-state index is 12.6. The Morgan fingerprint density at radius 2 is 1.27 bits per heavy atom. The molecule has 4 aliphatic carbocycles. The lowest BCUT2D eigenvalue weighted by atomic mass is 9.49. The van der Waals surface area contributed by atoms with E-state index in [0.717, 1.165) is 49.9 Å². The Balaban J connectivity index is 1.17. The van der Waals surface area contributed by atoms with Gasteiger partial charge in [0, 0.05) is 12.8 Å². The van der Waals surface area contributed by atoms with Crippen LogP contribution in [0.1, 0.15) is 136 Å². The molecule has 4 aliphatic rings. The summed E-state index contributed by atoms with van der Waals surface area (Å²) in [4.78, 5) is 36.8. The lowest BCUT2D eigenvalue weighted by molar-refractivity contribution is -0.155. The van der Waals surface area contributed by atoms with Crippen LogP contribution in [0, 0.1) is 29.1 Å². The fourth-order valence-electron chi connectivity index (χ4n) is 7.78. The molecule has 0 aromatic heterocycles. The number of esters is 3.